The highest BCUT2D eigenvalue weighted by Gasteiger charge is 2.35. The van der Waals surface area contributed by atoms with Crippen molar-refractivity contribution in [2.45, 2.75) is 26.1 Å². The zero-order valence-corrected chi connectivity index (χ0v) is 15.9. The van der Waals surface area contributed by atoms with E-state index in [2.05, 4.69) is 10.1 Å². The summed E-state index contributed by atoms with van der Waals surface area (Å²) in [6, 6.07) is 2.83. The monoisotopic (exact) mass is 406 g/mol. The Labute approximate surface area is 165 Å². The van der Waals surface area contributed by atoms with Gasteiger partial charge >= 0.3 is 6.09 Å². The predicted octanol–water partition coefficient (Wildman–Crippen LogP) is 1.94. The molecule has 0 spiro atoms. The molecule has 2 aliphatic rings. The molecule has 1 unspecified atom stereocenters. The molecular weight excluding hydrogens is 386 g/mol. The SMILES string of the molecule is CC(=NCC1CN(c2ccc(N3Cc4cn(C)nc4C3)c(F)c2F)C(=O)O1)NO. The number of amides is 1. The van der Waals surface area contributed by atoms with E-state index in [0.29, 0.717) is 13.1 Å². The zero-order chi connectivity index (χ0) is 20.7. The fraction of sp³-hybridized carbons (Fsp3) is 0.389. The molecule has 2 N–H and O–H groups in total. The molecule has 0 saturated carbocycles. The number of hydrogen-bond donors (Lipinski definition) is 2. The molecular formula is C18H20F2N6O3. The molecule has 2 aliphatic heterocycles. The molecule has 0 radical (unpaired) electrons. The summed E-state index contributed by atoms with van der Waals surface area (Å²) in [5.41, 5.74) is 3.60. The first-order chi connectivity index (χ1) is 13.9. The summed E-state index contributed by atoms with van der Waals surface area (Å²) in [6.45, 7) is 2.47. The van der Waals surface area contributed by atoms with Crippen molar-refractivity contribution in [1.82, 2.24) is 15.3 Å². The standard InChI is InChI=1S/C18H20F2N6O3/c1-10(23-28)21-5-12-8-26(18(27)29-12)15-4-3-14(16(19)17(15)20)25-7-11-6-24(2)22-13(11)9-25/h3-4,6,12,28H,5,7-9H2,1-2H3,(H,21,23). The van der Waals surface area contributed by atoms with Crippen LogP contribution in [0.4, 0.5) is 25.0 Å². The van der Waals surface area contributed by atoms with E-state index in [0.717, 1.165) is 16.2 Å². The number of hydroxylamine groups is 1. The van der Waals surface area contributed by atoms with Crippen LogP contribution in [0.5, 0.6) is 0 Å². The van der Waals surface area contributed by atoms with E-state index >= 15 is 0 Å². The largest absolute Gasteiger partial charge is 0.442 e. The number of benzene rings is 1. The summed E-state index contributed by atoms with van der Waals surface area (Å²) in [5, 5.41) is 13.0. The number of nitrogens with zero attached hydrogens (tertiary/aromatic N) is 5. The van der Waals surface area contributed by atoms with Gasteiger partial charge in [-0.05, 0) is 19.1 Å². The number of aryl methyl sites for hydroxylation is 1. The fourth-order valence-corrected chi connectivity index (χ4v) is 3.53. The molecule has 1 fully saturated rings. The van der Waals surface area contributed by atoms with E-state index in [-0.39, 0.29) is 30.3 Å². The Morgan fingerprint density at radius 3 is 2.79 bits per heavy atom. The van der Waals surface area contributed by atoms with Crippen LogP contribution in [0, 0.1) is 11.6 Å². The summed E-state index contributed by atoms with van der Waals surface area (Å²) in [5.74, 6) is -1.88. The Morgan fingerprint density at radius 2 is 2.07 bits per heavy atom. The van der Waals surface area contributed by atoms with Gasteiger partial charge < -0.3 is 9.64 Å². The summed E-state index contributed by atoms with van der Waals surface area (Å²) in [4.78, 5) is 18.9. The lowest BCUT2D eigenvalue weighted by atomic mass is 10.2. The number of aliphatic imine (C=N–C) groups is 1. The van der Waals surface area contributed by atoms with Gasteiger partial charge in [-0.1, -0.05) is 0 Å². The maximum atomic E-state index is 14.8. The van der Waals surface area contributed by atoms with Gasteiger partial charge in [0.1, 0.15) is 11.9 Å². The first-order valence-corrected chi connectivity index (χ1v) is 9.01. The summed E-state index contributed by atoms with van der Waals surface area (Å²) in [7, 11) is 1.81. The summed E-state index contributed by atoms with van der Waals surface area (Å²) in [6.07, 6.45) is 0.450. The normalized spacial score (nSPS) is 19.0. The van der Waals surface area contributed by atoms with Crippen molar-refractivity contribution in [3.05, 3.63) is 41.2 Å². The van der Waals surface area contributed by atoms with Gasteiger partial charge in [-0.25, -0.2) is 13.6 Å². The van der Waals surface area contributed by atoms with Crippen molar-refractivity contribution in [3.63, 3.8) is 0 Å². The first kappa shape index (κ1) is 19.1. The number of carbonyl (C=O) groups is 1. The number of amidine groups is 1. The van der Waals surface area contributed by atoms with E-state index in [4.69, 9.17) is 9.94 Å². The maximum absolute atomic E-state index is 14.8. The number of carbonyl (C=O) groups excluding carboxylic acids is 1. The molecule has 1 saturated heterocycles. The molecule has 0 bridgehead atoms. The Bertz CT molecular complexity index is 969. The number of aromatic nitrogens is 2. The number of ether oxygens (including phenoxy) is 1. The topological polar surface area (TPSA) is 95.2 Å². The van der Waals surface area contributed by atoms with Gasteiger partial charge in [0, 0.05) is 25.4 Å². The Kier molecular flexibility index (Phi) is 4.82. The van der Waals surface area contributed by atoms with Crippen LogP contribution in [-0.4, -0.2) is 46.1 Å². The summed E-state index contributed by atoms with van der Waals surface area (Å²) < 4.78 is 36.5. The molecule has 1 aromatic heterocycles. The second-order valence-electron chi connectivity index (χ2n) is 7.02. The molecule has 4 rings (SSSR count). The van der Waals surface area contributed by atoms with Gasteiger partial charge in [0.15, 0.2) is 11.6 Å². The van der Waals surface area contributed by atoms with Crippen LogP contribution in [0.1, 0.15) is 18.2 Å². The Balaban J connectivity index is 1.52. The van der Waals surface area contributed by atoms with Gasteiger partial charge in [-0.2, -0.15) is 5.10 Å². The van der Waals surface area contributed by atoms with Crippen LogP contribution >= 0.6 is 0 Å². The number of cyclic esters (lactones) is 1. The van der Waals surface area contributed by atoms with E-state index in [1.165, 1.54) is 19.1 Å². The third-order valence-electron chi connectivity index (χ3n) is 4.93. The molecule has 154 valence electrons. The quantitative estimate of drug-likeness (QED) is 0.458. The number of halogens is 2. The lowest BCUT2D eigenvalue weighted by molar-refractivity contribution is 0.145. The minimum absolute atomic E-state index is 0.0243. The van der Waals surface area contributed by atoms with Gasteiger partial charge in [0.05, 0.1) is 36.7 Å². The molecule has 29 heavy (non-hydrogen) atoms. The molecule has 1 aromatic carbocycles. The highest BCUT2D eigenvalue weighted by Crippen LogP contribution is 2.35. The lowest BCUT2D eigenvalue weighted by Crippen LogP contribution is -2.27. The maximum Gasteiger partial charge on any atom is 0.414 e. The van der Waals surface area contributed by atoms with Crippen molar-refractivity contribution < 1.29 is 23.5 Å². The molecule has 9 nitrogen and oxygen atoms in total. The van der Waals surface area contributed by atoms with E-state index in [1.807, 2.05) is 18.7 Å². The molecule has 2 aromatic rings. The van der Waals surface area contributed by atoms with Crippen molar-refractivity contribution in [3.8, 4) is 0 Å². The van der Waals surface area contributed by atoms with Gasteiger partial charge in [-0.15, -0.1) is 0 Å². The minimum atomic E-state index is -1.11. The van der Waals surface area contributed by atoms with Crippen molar-refractivity contribution in [2.75, 3.05) is 22.9 Å². The van der Waals surface area contributed by atoms with Gasteiger partial charge in [-0.3, -0.25) is 25.3 Å². The first-order valence-electron chi connectivity index (χ1n) is 9.01. The van der Waals surface area contributed by atoms with Crippen LogP contribution < -0.4 is 15.3 Å². The van der Waals surface area contributed by atoms with Crippen LogP contribution in [0.3, 0.4) is 0 Å². The van der Waals surface area contributed by atoms with Crippen LogP contribution in [0.2, 0.25) is 0 Å². The third kappa shape index (κ3) is 3.48. The highest BCUT2D eigenvalue weighted by atomic mass is 19.2. The third-order valence-corrected chi connectivity index (χ3v) is 4.93. The predicted molar refractivity (Wildman–Crippen MR) is 100.0 cm³/mol. The average Bonchev–Trinajstić information content (AvgIpc) is 3.34. The van der Waals surface area contributed by atoms with Crippen LogP contribution in [0.25, 0.3) is 0 Å². The lowest BCUT2D eigenvalue weighted by Gasteiger charge is -2.21. The average molecular weight is 406 g/mol. The van der Waals surface area contributed by atoms with E-state index in [1.54, 1.807) is 9.58 Å². The molecule has 1 amide bonds. The second kappa shape index (κ2) is 7.32. The van der Waals surface area contributed by atoms with E-state index in [9.17, 15) is 13.6 Å². The fourth-order valence-electron chi connectivity index (χ4n) is 3.53. The number of hydrogen-bond acceptors (Lipinski definition) is 6. The van der Waals surface area contributed by atoms with Crippen LogP contribution in [-0.2, 0) is 24.9 Å². The van der Waals surface area contributed by atoms with Crippen molar-refractivity contribution in [1.29, 1.82) is 0 Å². The number of fused-ring (bicyclic) bond motifs is 1. The molecule has 1 atom stereocenters. The van der Waals surface area contributed by atoms with Crippen LogP contribution in [0.15, 0.2) is 23.3 Å². The molecule has 0 aliphatic carbocycles. The Hall–Kier alpha value is -3.21. The minimum Gasteiger partial charge on any atom is -0.442 e. The zero-order valence-electron chi connectivity index (χ0n) is 15.9. The molecule has 3 heterocycles. The van der Waals surface area contributed by atoms with E-state index < -0.39 is 23.8 Å². The Morgan fingerprint density at radius 1 is 1.34 bits per heavy atom. The van der Waals surface area contributed by atoms with Crippen molar-refractivity contribution in [2.24, 2.45) is 12.0 Å². The van der Waals surface area contributed by atoms with Gasteiger partial charge in [0.25, 0.3) is 0 Å². The van der Waals surface area contributed by atoms with Crippen molar-refractivity contribution >= 4 is 23.3 Å². The highest BCUT2D eigenvalue weighted by molar-refractivity contribution is 5.90. The van der Waals surface area contributed by atoms with Gasteiger partial charge in [0.2, 0.25) is 0 Å². The second-order valence-corrected chi connectivity index (χ2v) is 7.02. The number of anilines is 2. The number of rotatable bonds is 4. The smallest absolute Gasteiger partial charge is 0.414 e. The summed E-state index contributed by atoms with van der Waals surface area (Å²) >= 11 is 0. The number of nitrogens with one attached hydrogen (secondary N) is 1. The molecule has 11 heteroatoms.